The average molecular weight is 750 g/mol. The van der Waals surface area contributed by atoms with Gasteiger partial charge in [-0.25, -0.2) is 4.98 Å². The van der Waals surface area contributed by atoms with Gasteiger partial charge in [0.1, 0.15) is 5.82 Å². The van der Waals surface area contributed by atoms with Crippen LogP contribution < -0.4 is 0 Å². The predicted octanol–water partition coefficient (Wildman–Crippen LogP) is 13.8. The number of para-hydroxylation sites is 3. The maximum absolute atomic E-state index is 5.05. The summed E-state index contributed by atoms with van der Waals surface area (Å²) in [5.41, 5.74) is 20.5. The smallest absolute Gasteiger partial charge is 0.145 e. The molecule has 0 unspecified atom stereocenters. The van der Waals surface area contributed by atoms with Gasteiger partial charge in [0.15, 0.2) is 0 Å². The SMILES string of the molecule is c1ccc(-c2nc3ccccc3n2-c2ccc(-c3ccc(-n4c5ccccc5c5ccc6c(c54)-c4ccccc4C64c5ccccc5-c5ccccc54)cc3)cc2)cc1. The van der Waals surface area contributed by atoms with Crippen molar-refractivity contribution in [2.24, 2.45) is 0 Å². The molecule has 2 aliphatic carbocycles. The molecule has 3 nitrogen and oxygen atoms in total. The van der Waals surface area contributed by atoms with Crippen LogP contribution in [-0.2, 0) is 5.41 Å². The number of hydrogen-bond donors (Lipinski definition) is 0. The summed E-state index contributed by atoms with van der Waals surface area (Å²) in [6.45, 7) is 0. The Balaban J connectivity index is 0.972. The summed E-state index contributed by atoms with van der Waals surface area (Å²) >= 11 is 0. The van der Waals surface area contributed by atoms with Gasteiger partial charge in [0.25, 0.3) is 0 Å². The van der Waals surface area contributed by atoms with Crippen molar-refractivity contribution in [2.45, 2.75) is 5.41 Å². The second-order valence-corrected chi connectivity index (χ2v) is 15.8. The van der Waals surface area contributed by atoms with Crippen LogP contribution in [0.15, 0.2) is 212 Å². The van der Waals surface area contributed by atoms with E-state index in [0.717, 1.165) is 33.8 Å². The van der Waals surface area contributed by atoms with E-state index in [-0.39, 0.29) is 0 Å². The van der Waals surface area contributed by atoms with Gasteiger partial charge in [-0.3, -0.25) is 4.57 Å². The summed E-state index contributed by atoms with van der Waals surface area (Å²) in [6, 6.07) is 77.7. The van der Waals surface area contributed by atoms with Crippen molar-refractivity contribution in [1.82, 2.24) is 14.1 Å². The second-order valence-electron chi connectivity index (χ2n) is 15.8. The fraction of sp³-hybridized carbons (Fsp3) is 0.0179. The number of hydrogen-bond acceptors (Lipinski definition) is 1. The molecule has 9 aromatic carbocycles. The highest BCUT2D eigenvalue weighted by Crippen LogP contribution is 2.64. The van der Waals surface area contributed by atoms with Crippen LogP contribution in [0.5, 0.6) is 0 Å². The Bertz CT molecular complexity index is 3430. The van der Waals surface area contributed by atoms with Gasteiger partial charge in [0.2, 0.25) is 0 Å². The van der Waals surface area contributed by atoms with Crippen LogP contribution in [0, 0.1) is 0 Å². The van der Waals surface area contributed by atoms with Crippen molar-refractivity contribution in [1.29, 1.82) is 0 Å². The molecule has 0 atom stereocenters. The van der Waals surface area contributed by atoms with Crippen molar-refractivity contribution < 1.29 is 0 Å². The molecule has 2 aliphatic rings. The molecule has 0 amide bonds. The molecular weight excluding hydrogens is 715 g/mol. The van der Waals surface area contributed by atoms with Crippen LogP contribution in [0.1, 0.15) is 22.3 Å². The number of imidazole rings is 1. The fourth-order valence-electron chi connectivity index (χ4n) is 10.6. The minimum atomic E-state index is -0.393. The molecule has 0 radical (unpaired) electrons. The number of benzene rings is 9. The van der Waals surface area contributed by atoms with Crippen molar-refractivity contribution in [3.8, 4) is 56.1 Å². The highest BCUT2D eigenvalue weighted by molar-refractivity contribution is 6.16. The molecule has 11 aromatic rings. The molecule has 0 N–H and O–H groups in total. The van der Waals surface area contributed by atoms with E-state index >= 15 is 0 Å². The summed E-state index contributed by atoms with van der Waals surface area (Å²) in [5.74, 6) is 0.941. The maximum atomic E-state index is 5.05. The van der Waals surface area contributed by atoms with E-state index < -0.39 is 5.41 Å². The molecule has 59 heavy (non-hydrogen) atoms. The standard InChI is InChI=1S/C56H35N3/c1-2-14-38(15-3-1)55-57-50-23-11-13-25-52(50)59(55)40-32-28-37(29-33-40)36-26-30-39(31-27-36)58-51-24-12-7-18-43(51)44-34-35-49-53(54(44)58)45-19-6-10-22-48(45)56(49)46-20-8-4-16-41(46)42-17-5-9-21-47(42)56/h1-35H. The van der Waals surface area contributed by atoms with E-state index in [9.17, 15) is 0 Å². The summed E-state index contributed by atoms with van der Waals surface area (Å²) < 4.78 is 4.78. The lowest BCUT2D eigenvalue weighted by Crippen LogP contribution is -2.25. The Morgan fingerprint density at radius 2 is 0.864 bits per heavy atom. The van der Waals surface area contributed by atoms with Crippen LogP contribution in [0.25, 0.3) is 89.0 Å². The van der Waals surface area contributed by atoms with Gasteiger partial charge >= 0.3 is 0 Å². The fourth-order valence-corrected chi connectivity index (χ4v) is 10.6. The van der Waals surface area contributed by atoms with Crippen molar-refractivity contribution in [3.63, 3.8) is 0 Å². The Hall–Kier alpha value is -7.75. The highest BCUT2D eigenvalue weighted by Gasteiger charge is 2.52. The number of rotatable bonds is 4. The minimum Gasteiger partial charge on any atom is -0.309 e. The van der Waals surface area contributed by atoms with Gasteiger partial charge in [0, 0.05) is 33.3 Å². The molecule has 0 fully saturated rings. The van der Waals surface area contributed by atoms with Gasteiger partial charge in [-0.05, 0) is 92.5 Å². The molecule has 0 saturated heterocycles. The summed E-state index contributed by atoms with van der Waals surface area (Å²) in [7, 11) is 0. The van der Waals surface area contributed by atoms with E-state index in [0.29, 0.717) is 0 Å². The molecule has 0 saturated carbocycles. The Morgan fingerprint density at radius 3 is 1.54 bits per heavy atom. The first-order valence-electron chi connectivity index (χ1n) is 20.4. The van der Waals surface area contributed by atoms with Crippen LogP contribution in [0.2, 0.25) is 0 Å². The molecule has 274 valence electrons. The molecule has 1 spiro atoms. The topological polar surface area (TPSA) is 22.8 Å². The lowest BCUT2D eigenvalue weighted by Gasteiger charge is -2.30. The van der Waals surface area contributed by atoms with E-state index in [1.165, 1.54) is 77.4 Å². The third-order valence-corrected chi connectivity index (χ3v) is 13.0. The zero-order valence-corrected chi connectivity index (χ0v) is 32.0. The van der Waals surface area contributed by atoms with Crippen LogP contribution in [-0.4, -0.2) is 14.1 Å². The maximum Gasteiger partial charge on any atom is 0.145 e. The molecule has 0 aliphatic heterocycles. The van der Waals surface area contributed by atoms with Gasteiger partial charge < -0.3 is 4.57 Å². The van der Waals surface area contributed by atoms with E-state index in [1.54, 1.807) is 0 Å². The molecular formula is C56H35N3. The zero-order valence-electron chi connectivity index (χ0n) is 32.0. The molecule has 2 heterocycles. The minimum absolute atomic E-state index is 0.393. The quantitative estimate of drug-likeness (QED) is 0.176. The molecule has 0 bridgehead atoms. The lowest BCUT2D eigenvalue weighted by atomic mass is 9.70. The Labute approximate surface area is 341 Å². The summed E-state index contributed by atoms with van der Waals surface area (Å²) in [4.78, 5) is 5.05. The summed E-state index contributed by atoms with van der Waals surface area (Å²) in [5, 5.41) is 2.53. The van der Waals surface area contributed by atoms with Crippen molar-refractivity contribution in [2.75, 3.05) is 0 Å². The van der Waals surface area contributed by atoms with Gasteiger partial charge in [-0.1, -0.05) is 170 Å². The van der Waals surface area contributed by atoms with E-state index in [4.69, 9.17) is 4.98 Å². The number of nitrogens with zero attached hydrogens (tertiary/aromatic N) is 3. The Morgan fingerprint density at radius 1 is 0.339 bits per heavy atom. The van der Waals surface area contributed by atoms with Crippen molar-refractivity contribution >= 4 is 32.8 Å². The number of fused-ring (bicyclic) bond motifs is 15. The largest absolute Gasteiger partial charge is 0.309 e. The molecule has 13 rings (SSSR count). The van der Waals surface area contributed by atoms with Crippen LogP contribution >= 0.6 is 0 Å². The normalized spacial score (nSPS) is 13.2. The first-order valence-corrected chi connectivity index (χ1v) is 20.4. The van der Waals surface area contributed by atoms with Crippen LogP contribution in [0.3, 0.4) is 0 Å². The highest BCUT2D eigenvalue weighted by atomic mass is 15.1. The first-order chi connectivity index (χ1) is 29.3. The predicted molar refractivity (Wildman–Crippen MR) is 243 cm³/mol. The average Bonchev–Trinajstić information content (AvgIpc) is 4.04. The second kappa shape index (κ2) is 12.1. The van der Waals surface area contributed by atoms with Crippen molar-refractivity contribution in [3.05, 3.63) is 235 Å². The molecule has 3 heteroatoms. The third kappa shape index (κ3) is 4.34. The monoisotopic (exact) mass is 749 g/mol. The third-order valence-electron chi connectivity index (χ3n) is 13.0. The number of aromatic nitrogens is 3. The summed E-state index contributed by atoms with van der Waals surface area (Å²) in [6.07, 6.45) is 0. The van der Waals surface area contributed by atoms with Gasteiger partial charge in [0.05, 0.1) is 27.5 Å². The van der Waals surface area contributed by atoms with E-state index in [2.05, 4.69) is 215 Å². The van der Waals surface area contributed by atoms with E-state index in [1.807, 2.05) is 6.07 Å². The Kier molecular flexibility index (Phi) is 6.65. The lowest BCUT2D eigenvalue weighted by molar-refractivity contribution is 0.794. The first kappa shape index (κ1) is 32.3. The molecule has 2 aromatic heterocycles. The van der Waals surface area contributed by atoms with Crippen LogP contribution in [0.4, 0.5) is 0 Å². The van der Waals surface area contributed by atoms with Gasteiger partial charge in [-0.15, -0.1) is 0 Å². The zero-order chi connectivity index (χ0) is 38.7. The van der Waals surface area contributed by atoms with Gasteiger partial charge in [-0.2, -0.15) is 0 Å².